The molecule has 0 aliphatic heterocycles. The topological polar surface area (TPSA) is 64.3 Å². The van der Waals surface area contributed by atoms with E-state index in [1.165, 1.54) is 12.1 Å². The molecule has 106 valence electrons. The number of nitrogens with one attached hydrogen (secondary N) is 1. The zero-order valence-corrected chi connectivity index (χ0v) is 10.9. The summed E-state index contributed by atoms with van der Waals surface area (Å²) < 4.78 is 39.6. The fourth-order valence-electron chi connectivity index (χ4n) is 1.15. The van der Waals surface area contributed by atoms with Gasteiger partial charge in [-0.1, -0.05) is 23.2 Å². The normalized spacial score (nSPS) is 11.4. The van der Waals surface area contributed by atoms with Crippen molar-refractivity contribution in [3.05, 3.63) is 22.2 Å². The first-order valence-corrected chi connectivity index (χ1v) is 5.63. The highest BCUT2D eigenvalue weighted by Gasteiger charge is 2.27. The number of nitrogen functional groups attached to an aromatic ring is 1. The number of carbonyl (C=O) groups is 1. The number of nitrogens with two attached hydrogens (primary N) is 1. The van der Waals surface area contributed by atoms with Crippen LogP contribution in [0.1, 0.15) is 0 Å². The summed E-state index contributed by atoms with van der Waals surface area (Å²) >= 11 is 11.6. The Hall–Kier alpha value is -1.18. The van der Waals surface area contributed by atoms with E-state index in [9.17, 15) is 18.0 Å². The fraction of sp³-hybridized carbons (Fsp3) is 0.300. The number of halogens is 5. The summed E-state index contributed by atoms with van der Waals surface area (Å²) in [5.74, 6) is -0.808. The van der Waals surface area contributed by atoms with Gasteiger partial charge in [0, 0.05) is 5.69 Å². The third-order valence-corrected chi connectivity index (χ3v) is 2.42. The lowest BCUT2D eigenvalue weighted by molar-refractivity contribution is -0.174. The van der Waals surface area contributed by atoms with Gasteiger partial charge < -0.3 is 15.8 Å². The monoisotopic (exact) mass is 316 g/mol. The molecule has 0 atom stereocenters. The first-order valence-electron chi connectivity index (χ1n) is 4.88. The molecule has 1 aromatic rings. The summed E-state index contributed by atoms with van der Waals surface area (Å²) in [4.78, 5) is 11.3. The molecule has 4 nitrogen and oxygen atoms in total. The Kier molecular flexibility index (Phi) is 5.28. The molecular weight excluding hydrogens is 308 g/mol. The maximum Gasteiger partial charge on any atom is 0.411 e. The second kappa shape index (κ2) is 6.31. The third-order valence-electron chi connectivity index (χ3n) is 1.83. The van der Waals surface area contributed by atoms with E-state index < -0.39 is 25.3 Å². The summed E-state index contributed by atoms with van der Waals surface area (Å²) in [6, 6.07) is 2.69. The predicted molar refractivity (Wildman–Crippen MR) is 66.4 cm³/mol. The average molecular weight is 317 g/mol. The molecule has 0 bridgehead atoms. The van der Waals surface area contributed by atoms with Gasteiger partial charge in [0.2, 0.25) is 5.91 Å². The Morgan fingerprint density at radius 3 is 2.32 bits per heavy atom. The maximum absolute atomic E-state index is 11.8. The highest BCUT2D eigenvalue weighted by Crippen LogP contribution is 2.32. The van der Waals surface area contributed by atoms with Gasteiger partial charge >= 0.3 is 6.18 Å². The van der Waals surface area contributed by atoms with Crippen LogP contribution in [0, 0.1) is 0 Å². The minimum absolute atomic E-state index is 0.0677. The standard InChI is InChI=1S/C10H9Cl2F3N2O2/c11-6-1-5(16)2-7(12)9(6)17-8(18)3-19-4-10(13,14)15/h1-2H,3-4,16H2,(H,17,18). The number of hydrogen-bond acceptors (Lipinski definition) is 3. The van der Waals surface area contributed by atoms with Crippen LogP contribution in [0.25, 0.3) is 0 Å². The van der Waals surface area contributed by atoms with Gasteiger partial charge in [-0.05, 0) is 12.1 Å². The van der Waals surface area contributed by atoms with E-state index in [2.05, 4.69) is 10.1 Å². The average Bonchev–Trinajstić information content (AvgIpc) is 2.21. The van der Waals surface area contributed by atoms with Crippen LogP contribution in [-0.4, -0.2) is 25.3 Å². The van der Waals surface area contributed by atoms with Crippen LogP contribution in [0.15, 0.2) is 12.1 Å². The lowest BCUT2D eigenvalue weighted by Crippen LogP contribution is -2.24. The molecule has 3 N–H and O–H groups in total. The zero-order chi connectivity index (χ0) is 14.6. The first kappa shape index (κ1) is 15.9. The quantitative estimate of drug-likeness (QED) is 0.839. The largest absolute Gasteiger partial charge is 0.411 e. The van der Waals surface area contributed by atoms with Crippen molar-refractivity contribution in [1.82, 2.24) is 0 Å². The highest BCUT2D eigenvalue weighted by atomic mass is 35.5. The molecule has 0 unspecified atom stereocenters. The van der Waals surface area contributed by atoms with Gasteiger partial charge in [-0.3, -0.25) is 4.79 Å². The molecule has 0 saturated carbocycles. The number of carbonyl (C=O) groups excluding carboxylic acids is 1. The van der Waals surface area contributed by atoms with Crippen LogP contribution < -0.4 is 11.1 Å². The van der Waals surface area contributed by atoms with Crippen LogP contribution in [-0.2, 0) is 9.53 Å². The Morgan fingerprint density at radius 2 is 1.84 bits per heavy atom. The van der Waals surface area contributed by atoms with Crippen molar-refractivity contribution in [3.8, 4) is 0 Å². The molecule has 0 fully saturated rings. The number of benzene rings is 1. The summed E-state index contributed by atoms with van der Waals surface area (Å²) in [5.41, 5.74) is 5.82. The van der Waals surface area contributed by atoms with Crippen LogP contribution >= 0.6 is 23.2 Å². The minimum atomic E-state index is -4.49. The van der Waals surface area contributed by atoms with Crippen molar-refractivity contribution in [2.45, 2.75) is 6.18 Å². The molecule has 0 radical (unpaired) electrons. The molecule has 1 rings (SSSR count). The number of anilines is 2. The van der Waals surface area contributed by atoms with Crippen LogP contribution in [0.4, 0.5) is 24.5 Å². The van der Waals surface area contributed by atoms with Gasteiger partial charge in [-0.15, -0.1) is 0 Å². The smallest absolute Gasteiger partial charge is 0.399 e. The Bertz CT molecular complexity index is 457. The van der Waals surface area contributed by atoms with E-state index in [0.29, 0.717) is 5.69 Å². The van der Waals surface area contributed by atoms with Gasteiger partial charge in [0.15, 0.2) is 0 Å². The maximum atomic E-state index is 11.8. The van der Waals surface area contributed by atoms with E-state index in [4.69, 9.17) is 28.9 Å². The molecule has 0 aromatic heterocycles. The van der Waals surface area contributed by atoms with E-state index in [0.717, 1.165) is 0 Å². The van der Waals surface area contributed by atoms with Gasteiger partial charge in [0.05, 0.1) is 15.7 Å². The Labute approximate surface area is 116 Å². The molecule has 19 heavy (non-hydrogen) atoms. The van der Waals surface area contributed by atoms with Gasteiger partial charge in [0.25, 0.3) is 0 Å². The number of amides is 1. The lowest BCUT2D eigenvalue weighted by Gasteiger charge is -2.11. The van der Waals surface area contributed by atoms with Crippen molar-refractivity contribution >= 4 is 40.5 Å². The van der Waals surface area contributed by atoms with Crippen molar-refractivity contribution in [1.29, 1.82) is 0 Å². The molecule has 0 saturated heterocycles. The number of ether oxygens (including phenoxy) is 1. The SMILES string of the molecule is Nc1cc(Cl)c(NC(=O)COCC(F)(F)F)c(Cl)c1. The molecule has 1 aromatic carbocycles. The second-order valence-electron chi connectivity index (χ2n) is 3.52. The number of alkyl halides is 3. The van der Waals surface area contributed by atoms with Crippen molar-refractivity contribution in [2.24, 2.45) is 0 Å². The van der Waals surface area contributed by atoms with Crippen LogP contribution in [0.5, 0.6) is 0 Å². The first-order chi connectivity index (χ1) is 8.69. The van der Waals surface area contributed by atoms with Gasteiger partial charge in [0.1, 0.15) is 13.2 Å². The Morgan fingerprint density at radius 1 is 1.32 bits per heavy atom. The third kappa shape index (κ3) is 5.54. The second-order valence-corrected chi connectivity index (χ2v) is 4.33. The van der Waals surface area contributed by atoms with Gasteiger partial charge in [-0.25, -0.2) is 0 Å². The molecule has 1 amide bonds. The summed E-state index contributed by atoms with van der Waals surface area (Å²) in [7, 11) is 0. The summed E-state index contributed by atoms with van der Waals surface area (Å²) in [6.45, 7) is -2.28. The van der Waals surface area contributed by atoms with Crippen molar-refractivity contribution < 1.29 is 22.7 Å². The molecule has 0 heterocycles. The van der Waals surface area contributed by atoms with E-state index in [-0.39, 0.29) is 15.7 Å². The van der Waals surface area contributed by atoms with E-state index in [1.54, 1.807) is 0 Å². The summed E-state index contributed by atoms with van der Waals surface area (Å²) in [5, 5.41) is 2.40. The van der Waals surface area contributed by atoms with Crippen LogP contribution in [0.3, 0.4) is 0 Å². The predicted octanol–water partition coefficient (Wildman–Crippen LogP) is 3.09. The molecule has 9 heteroatoms. The lowest BCUT2D eigenvalue weighted by atomic mass is 10.3. The van der Waals surface area contributed by atoms with Gasteiger partial charge in [-0.2, -0.15) is 13.2 Å². The summed E-state index contributed by atoms with van der Waals surface area (Å²) in [6.07, 6.45) is -4.49. The number of rotatable bonds is 4. The number of hydrogen-bond donors (Lipinski definition) is 2. The molecule has 0 aliphatic rings. The molecule has 0 aliphatic carbocycles. The van der Waals surface area contributed by atoms with E-state index in [1.807, 2.05) is 0 Å². The van der Waals surface area contributed by atoms with E-state index >= 15 is 0 Å². The highest BCUT2D eigenvalue weighted by molar-refractivity contribution is 6.40. The molecular formula is C10H9Cl2F3N2O2. The fourth-order valence-corrected chi connectivity index (χ4v) is 1.75. The van der Waals surface area contributed by atoms with Crippen molar-refractivity contribution in [3.63, 3.8) is 0 Å². The molecule has 0 spiro atoms. The van der Waals surface area contributed by atoms with Crippen molar-refractivity contribution in [2.75, 3.05) is 24.3 Å². The van der Waals surface area contributed by atoms with Crippen LogP contribution in [0.2, 0.25) is 10.0 Å². The minimum Gasteiger partial charge on any atom is -0.399 e. The Balaban J connectivity index is 2.58. The zero-order valence-electron chi connectivity index (χ0n) is 9.35.